The van der Waals surface area contributed by atoms with Gasteiger partial charge >= 0.3 is 0 Å². The molecule has 0 fully saturated rings. The minimum Gasteiger partial charge on any atom is -0.489 e. The lowest BCUT2D eigenvalue weighted by Gasteiger charge is -2.15. The Bertz CT molecular complexity index is 655. The van der Waals surface area contributed by atoms with Crippen molar-refractivity contribution in [3.63, 3.8) is 0 Å². The van der Waals surface area contributed by atoms with Gasteiger partial charge < -0.3 is 9.47 Å². The Balaban J connectivity index is 1.66. The van der Waals surface area contributed by atoms with Crippen LogP contribution in [0, 0.1) is 6.92 Å². The summed E-state index contributed by atoms with van der Waals surface area (Å²) < 4.78 is 11.8. The van der Waals surface area contributed by atoms with Crippen LogP contribution in [-0.4, -0.2) is 12.7 Å². The maximum atomic E-state index is 6.12. The minimum absolute atomic E-state index is 0.0314. The summed E-state index contributed by atoms with van der Waals surface area (Å²) in [5.74, 6) is 2.02. The van der Waals surface area contributed by atoms with Crippen LogP contribution in [-0.2, 0) is 12.3 Å². The molecule has 0 saturated heterocycles. The van der Waals surface area contributed by atoms with E-state index < -0.39 is 0 Å². The average molecular weight is 323 g/mol. The third-order valence-electron chi connectivity index (χ3n) is 3.59. The van der Waals surface area contributed by atoms with Gasteiger partial charge in [0.15, 0.2) is 0 Å². The van der Waals surface area contributed by atoms with Crippen molar-refractivity contribution in [3.05, 3.63) is 58.1 Å². The molecule has 1 unspecified atom stereocenters. The Morgan fingerprint density at radius 2 is 2.14 bits per heavy atom. The van der Waals surface area contributed by atoms with Crippen molar-refractivity contribution in [2.24, 2.45) is 0 Å². The van der Waals surface area contributed by atoms with Crippen LogP contribution in [0.4, 0.5) is 0 Å². The second-order valence-corrected chi connectivity index (χ2v) is 5.89. The summed E-state index contributed by atoms with van der Waals surface area (Å²) in [6, 6.07) is 11.8. The zero-order valence-corrected chi connectivity index (χ0v) is 13.2. The lowest BCUT2D eigenvalue weighted by Crippen LogP contribution is -2.22. The van der Waals surface area contributed by atoms with Crippen molar-refractivity contribution in [3.8, 4) is 11.5 Å². The van der Waals surface area contributed by atoms with Crippen molar-refractivity contribution in [1.29, 1.82) is 0 Å². The van der Waals surface area contributed by atoms with E-state index in [1.165, 1.54) is 11.1 Å². The number of fused-ring (bicyclic) bond motifs is 1. The highest BCUT2D eigenvalue weighted by atomic mass is 35.5. The number of alkyl halides is 1. The fraction of sp³-hybridized carbons (Fsp3) is 0.294. The highest BCUT2D eigenvalue weighted by Gasteiger charge is 2.23. The quantitative estimate of drug-likeness (QED) is 0.755. The van der Waals surface area contributed by atoms with Gasteiger partial charge in [0, 0.05) is 17.0 Å². The maximum absolute atomic E-state index is 6.12. The molecule has 1 atom stereocenters. The molecular weight excluding hydrogens is 307 g/mol. The van der Waals surface area contributed by atoms with Crippen LogP contribution >= 0.6 is 23.2 Å². The van der Waals surface area contributed by atoms with Crippen molar-refractivity contribution in [2.75, 3.05) is 6.61 Å². The Hall–Kier alpha value is -1.38. The Morgan fingerprint density at radius 1 is 1.29 bits per heavy atom. The molecule has 0 amide bonds. The van der Waals surface area contributed by atoms with Crippen LogP contribution in [0.3, 0.4) is 0 Å². The summed E-state index contributed by atoms with van der Waals surface area (Å²) in [6.45, 7) is 2.57. The third-order valence-corrected chi connectivity index (χ3v) is 4.21. The van der Waals surface area contributed by atoms with Gasteiger partial charge in [0.25, 0.3) is 0 Å². The van der Waals surface area contributed by atoms with Crippen molar-refractivity contribution < 1.29 is 9.47 Å². The summed E-state index contributed by atoms with van der Waals surface area (Å²) in [7, 11) is 0. The molecule has 0 spiro atoms. The molecule has 2 nitrogen and oxygen atoms in total. The van der Waals surface area contributed by atoms with Gasteiger partial charge in [-0.15, -0.1) is 11.6 Å². The van der Waals surface area contributed by atoms with Crippen LogP contribution in [0.5, 0.6) is 11.5 Å². The normalized spacial score (nSPS) is 16.4. The molecule has 0 saturated carbocycles. The number of halogens is 2. The van der Waals surface area contributed by atoms with E-state index in [1.54, 1.807) is 0 Å². The lowest BCUT2D eigenvalue weighted by atomic mass is 10.1. The summed E-state index contributed by atoms with van der Waals surface area (Å²) >= 11 is 12.0. The largest absolute Gasteiger partial charge is 0.489 e. The monoisotopic (exact) mass is 322 g/mol. The number of benzene rings is 2. The van der Waals surface area contributed by atoms with E-state index >= 15 is 0 Å². The number of hydrogen-bond acceptors (Lipinski definition) is 2. The number of ether oxygens (including phenoxy) is 2. The van der Waals surface area contributed by atoms with Crippen LogP contribution in [0.1, 0.15) is 16.7 Å². The summed E-state index contributed by atoms with van der Waals surface area (Å²) in [6.07, 6.45) is 0.900. The Kier molecular flexibility index (Phi) is 4.27. The summed E-state index contributed by atoms with van der Waals surface area (Å²) in [4.78, 5) is 0. The molecule has 2 aromatic carbocycles. The standard InChI is InChI=1S/C17H16Cl2O2/c1-11-5-6-16-12(7-11)8-13(21-16)10-20-17-4-2-3-15(19)14(17)9-18/h2-7,13H,8-10H2,1H3. The molecule has 4 heteroatoms. The topological polar surface area (TPSA) is 18.5 Å². The van der Waals surface area contributed by atoms with E-state index in [0.29, 0.717) is 17.5 Å². The Labute approximate surface area is 134 Å². The first-order valence-electron chi connectivity index (χ1n) is 6.89. The molecule has 3 rings (SSSR count). The second-order valence-electron chi connectivity index (χ2n) is 5.22. The fourth-order valence-corrected chi connectivity index (χ4v) is 3.11. The van der Waals surface area contributed by atoms with Crippen LogP contribution in [0.2, 0.25) is 5.02 Å². The van der Waals surface area contributed by atoms with Crippen LogP contribution in [0.15, 0.2) is 36.4 Å². The molecule has 0 aliphatic carbocycles. The van der Waals surface area contributed by atoms with E-state index in [2.05, 4.69) is 19.1 Å². The first kappa shape index (κ1) is 14.6. The lowest BCUT2D eigenvalue weighted by molar-refractivity contribution is 0.148. The number of aryl methyl sites for hydroxylation is 1. The molecule has 1 aliphatic rings. The predicted octanol–water partition coefficient (Wildman–Crippen LogP) is 4.77. The number of rotatable bonds is 4. The maximum Gasteiger partial charge on any atom is 0.137 e. The highest BCUT2D eigenvalue weighted by molar-refractivity contribution is 6.32. The molecular formula is C17H16Cl2O2. The van der Waals surface area contributed by atoms with Gasteiger partial charge in [0.2, 0.25) is 0 Å². The first-order valence-corrected chi connectivity index (χ1v) is 7.81. The zero-order chi connectivity index (χ0) is 14.8. The predicted molar refractivity (Wildman–Crippen MR) is 85.8 cm³/mol. The van der Waals surface area contributed by atoms with Gasteiger partial charge in [-0.1, -0.05) is 35.4 Å². The molecule has 110 valence electrons. The molecule has 2 aromatic rings. The molecule has 0 bridgehead atoms. The van der Waals surface area contributed by atoms with Gasteiger partial charge in [-0.05, 0) is 30.7 Å². The minimum atomic E-state index is 0.0314. The zero-order valence-electron chi connectivity index (χ0n) is 11.7. The van der Waals surface area contributed by atoms with E-state index in [-0.39, 0.29) is 6.10 Å². The first-order chi connectivity index (χ1) is 10.2. The van der Waals surface area contributed by atoms with Crippen molar-refractivity contribution in [2.45, 2.75) is 25.3 Å². The van der Waals surface area contributed by atoms with Gasteiger partial charge in [0.05, 0.1) is 5.88 Å². The molecule has 0 aromatic heterocycles. The molecule has 0 radical (unpaired) electrons. The Morgan fingerprint density at radius 3 is 2.95 bits per heavy atom. The fourth-order valence-electron chi connectivity index (χ4n) is 2.53. The molecule has 0 N–H and O–H groups in total. The smallest absolute Gasteiger partial charge is 0.137 e. The highest BCUT2D eigenvalue weighted by Crippen LogP contribution is 2.31. The van der Waals surface area contributed by atoms with Crippen molar-refractivity contribution in [1.82, 2.24) is 0 Å². The van der Waals surface area contributed by atoms with Crippen molar-refractivity contribution >= 4 is 23.2 Å². The van der Waals surface area contributed by atoms with Gasteiger partial charge in [-0.25, -0.2) is 0 Å². The molecule has 1 aliphatic heterocycles. The van der Waals surface area contributed by atoms with E-state index in [9.17, 15) is 0 Å². The second kappa shape index (κ2) is 6.17. The summed E-state index contributed by atoms with van der Waals surface area (Å²) in [5.41, 5.74) is 3.32. The molecule has 1 heterocycles. The van der Waals surface area contributed by atoms with Gasteiger partial charge in [0.1, 0.15) is 24.2 Å². The van der Waals surface area contributed by atoms with E-state index in [0.717, 1.165) is 23.5 Å². The SMILES string of the molecule is Cc1ccc2c(c1)CC(COc1cccc(Cl)c1CCl)O2. The average Bonchev–Trinajstić information content (AvgIpc) is 2.87. The summed E-state index contributed by atoms with van der Waals surface area (Å²) in [5, 5.41) is 0.633. The van der Waals surface area contributed by atoms with Gasteiger partial charge in [-0.2, -0.15) is 0 Å². The van der Waals surface area contributed by atoms with E-state index in [4.69, 9.17) is 32.7 Å². The van der Waals surface area contributed by atoms with Crippen LogP contribution in [0.25, 0.3) is 0 Å². The number of hydrogen-bond donors (Lipinski definition) is 0. The van der Waals surface area contributed by atoms with E-state index in [1.807, 2.05) is 24.3 Å². The third kappa shape index (κ3) is 3.12. The van der Waals surface area contributed by atoms with Gasteiger partial charge in [-0.3, -0.25) is 0 Å². The van der Waals surface area contributed by atoms with Crippen LogP contribution < -0.4 is 9.47 Å². The molecule has 21 heavy (non-hydrogen) atoms.